The molecule has 136 valence electrons. The number of ether oxygens (including phenoxy) is 2. The molecule has 1 aliphatic heterocycles. The Morgan fingerprint density at radius 2 is 2.00 bits per heavy atom. The lowest BCUT2D eigenvalue weighted by Gasteiger charge is -2.15. The van der Waals surface area contributed by atoms with Crippen LogP contribution in [0.1, 0.15) is 34.2 Å². The van der Waals surface area contributed by atoms with Crippen molar-refractivity contribution in [2.75, 3.05) is 0 Å². The van der Waals surface area contributed by atoms with Crippen molar-refractivity contribution in [3.05, 3.63) is 69.4 Å². The first-order valence-corrected chi connectivity index (χ1v) is 8.83. The molecule has 5 heteroatoms. The summed E-state index contributed by atoms with van der Waals surface area (Å²) >= 11 is 6.21. The van der Waals surface area contributed by atoms with Crippen molar-refractivity contribution in [2.24, 2.45) is 0 Å². The molecule has 0 unspecified atom stereocenters. The fourth-order valence-electron chi connectivity index (χ4n) is 3.15. The fourth-order valence-corrected chi connectivity index (χ4v) is 3.41. The summed E-state index contributed by atoms with van der Waals surface area (Å²) in [7, 11) is 0. The van der Waals surface area contributed by atoms with Crippen molar-refractivity contribution in [1.82, 2.24) is 0 Å². The smallest absolute Gasteiger partial charge is 0.303 e. The minimum absolute atomic E-state index is 0.121. The summed E-state index contributed by atoms with van der Waals surface area (Å²) in [5, 5.41) is 9.51. The number of carbonyl (C=O) groups is 1. The van der Waals surface area contributed by atoms with Crippen LogP contribution in [0.25, 0.3) is 0 Å². The van der Waals surface area contributed by atoms with E-state index in [0.717, 1.165) is 39.3 Å². The topological polar surface area (TPSA) is 55.8 Å². The number of aryl methyl sites for hydroxylation is 3. The normalized spacial score (nSPS) is 12.7. The first-order chi connectivity index (χ1) is 12.3. The number of allylic oxidation sites excluding steroid dienone is 1. The van der Waals surface area contributed by atoms with E-state index in [4.69, 9.17) is 26.2 Å². The largest absolute Gasteiger partial charge is 0.488 e. The maximum absolute atomic E-state index is 10.8. The number of carboxylic acids is 1. The number of fused-ring (bicyclic) bond motifs is 1. The van der Waals surface area contributed by atoms with Crippen LogP contribution >= 0.6 is 11.6 Å². The van der Waals surface area contributed by atoms with Gasteiger partial charge in [-0.05, 0) is 55.2 Å². The number of hydrogen-bond acceptors (Lipinski definition) is 3. The molecular weight excluding hydrogens is 352 g/mol. The van der Waals surface area contributed by atoms with Gasteiger partial charge >= 0.3 is 5.97 Å². The molecule has 0 saturated heterocycles. The monoisotopic (exact) mass is 372 g/mol. The molecule has 0 aromatic heterocycles. The highest BCUT2D eigenvalue weighted by molar-refractivity contribution is 6.30. The maximum Gasteiger partial charge on any atom is 0.303 e. The van der Waals surface area contributed by atoms with E-state index in [1.807, 2.05) is 38.1 Å². The predicted octanol–water partition coefficient (Wildman–Crippen LogP) is 5.00. The summed E-state index contributed by atoms with van der Waals surface area (Å²) in [5.41, 5.74) is 4.93. The highest BCUT2D eigenvalue weighted by Crippen LogP contribution is 2.37. The Kier molecular flexibility index (Phi) is 5.23. The number of rotatable bonds is 6. The molecule has 1 heterocycles. The van der Waals surface area contributed by atoms with Crippen molar-refractivity contribution in [3.63, 3.8) is 0 Å². The average Bonchev–Trinajstić information content (AvgIpc) is 2.93. The Labute approximate surface area is 158 Å². The Balaban J connectivity index is 1.78. The van der Waals surface area contributed by atoms with E-state index >= 15 is 0 Å². The standard InChI is InChI=1S/C21H21ClO4/c1-12-7-19(13(2)6-15(12)4-5-20(23)24)25-11-17-10-18(22)9-16-8-14(3)26-21(16)17/h6-7,9-10H,3-5,8,11H2,1-2H3,(H,23,24). The third-order valence-corrected chi connectivity index (χ3v) is 4.68. The van der Waals surface area contributed by atoms with Gasteiger partial charge in [-0.25, -0.2) is 0 Å². The molecule has 0 atom stereocenters. The van der Waals surface area contributed by atoms with Gasteiger partial charge in [-0.2, -0.15) is 0 Å². The van der Waals surface area contributed by atoms with E-state index in [0.29, 0.717) is 30.2 Å². The summed E-state index contributed by atoms with van der Waals surface area (Å²) in [6.45, 7) is 8.14. The Hall–Kier alpha value is -2.46. The fraction of sp³-hybridized carbons (Fsp3) is 0.286. The van der Waals surface area contributed by atoms with Crippen molar-refractivity contribution in [3.8, 4) is 11.5 Å². The van der Waals surface area contributed by atoms with Gasteiger partial charge in [0.15, 0.2) is 0 Å². The first-order valence-electron chi connectivity index (χ1n) is 8.45. The van der Waals surface area contributed by atoms with Crippen LogP contribution in [0.3, 0.4) is 0 Å². The molecule has 2 aromatic carbocycles. The molecule has 0 bridgehead atoms. The lowest BCUT2D eigenvalue weighted by Crippen LogP contribution is -2.03. The molecule has 0 saturated carbocycles. The molecule has 26 heavy (non-hydrogen) atoms. The van der Waals surface area contributed by atoms with Gasteiger partial charge in [-0.1, -0.05) is 24.2 Å². The minimum atomic E-state index is -0.793. The van der Waals surface area contributed by atoms with Gasteiger partial charge in [0.05, 0.1) is 0 Å². The highest BCUT2D eigenvalue weighted by Gasteiger charge is 2.21. The zero-order chi connectivity index (χ0) is 18.8. The van der Waals surface area contributed by atoms with Crippen LogP contribution in [-0.4, -0.2) is 11.1 Å². The summed E-state index contributed by atoms with van der Waals surface area (Å²) in [6.07, 6.45) is 1.30. The Bertz CT molecular complexity index is 886. The van der Waals surface area contributed by atoms with Crippen molar-refractivity contribution >= 4 is 17.6 Å². The first kappa shape index (κ1) is 18.3. The van der Waals surface area contributed by atoms with Gasteiger partial charge in [0, 0.05) is 29.0 Å². The van der Waals surface area contributed by atoms with Gasteiger partial charge in [-0.15, -0.1) is 0 Å². The molecule has 0 amide bonds. The van der Waals surface area contributed by atoms with Crippen LogP contribution in [0.5, 0.6) is 11.5 Å². The van der Waals surface area contributed by atoms with Gasteiger partial charge in [0.25, 0.3) is 0 Å². The molecule has 1 aliphatic rings. The lowest BCUT2D eigenvalue weighted by atomic mass is 10.0. The predicted molar refractivity (Wildman–Crippen MR) is 101 cm³/mol. The zero-order valence-electron chi connectivity index (χ0n) is 14.9. The average molecular weight is 373 g/mol. The summed E-state index contributed by atoms with van der Waals surface area (Å²) < 4.78 is 11.7. The lowest BCUT2D eigenvalue weighted by molar-refractivity contribution is -0.136. The third-order valence-electron chi connectivity index (χ3n) is 4.47. The van der Waals surface area contributed by atoms with Gasteiger partial charge in [0.2, 0.25) is 0 Å². The maximum atomic E-state index is 10.8. The molecule has 2 aromatic rings. The second-order valence-corrected chi connectivity index (χ2v) is 7.03. The molecule has 0 spiro atoms. The Morgan fingerprint density at radius 3 is 2.73 bits per heavy atom. The van der Waals surface area contributed by atoms with E-state index in [9.17, 15) is 4.79 Å². The SMILES string of the molecule is C=C1Cc2cc(Cl)cc(COc3cc(C)c(CCC(=O)O)cc3C)c2O1. The van der Waals surface area contributed by atoms with E-state index in [1.54, 1.807) is 0 Å². The zero-order valence-corrected chi connectivity index (χ0v) is 15.7. The molecular formula is C21H21ClO4. The molecule has 4 nitrogen and oxygen atoms in total. The Morgan fingerprint density at radius 1 is 1.23 bits per heavy atom. The van der Waals surface area contributed by atoms with Gasteiger partial charge in [0.1, 0.15) is 23.9 Å². The quantitative estimate of drug-likeness (QED) is 0.775. The second kappa shape index (κ2) is 7.42. The van der Waals surface area contributed by atoms with Gasteiger partial charge in [-0.3, -0.25) is 4.79 Å². The highest BCUT2D eigenvalue weighted by atomic mass is 35.5. The van der Waals surface area contributed by atoms with Crippen LogP contribution in [-0.2, 0) is 24.2 Å². The number of halogens is 1. The van der Waals surface area contributed by atoms with E-state index < -0.39 is 5.97 Å². The molecule has 0 radical (unpaired) electrons. The van der Waals surface area contributed by atoms with Crippen molar-refractivity contribution in [1.29, 1.82) is 0 Å². The summed E-state index contributed by atoms with van der Waals surface area (Å²) in [4.78, 5) is 10.8. The summed E-state index contributed by atoms with van der Waals surface area (Å²) in [5.74, 6) is 1.47. The number of hydrogen-bond donors (Lipinski definition) is 1. The van der Waals surface area contributed by atoms with Gasteiger partial charge < -0.3 is 14.6 Å². The molecule has 1 N–H and O–H groups in total. The van der Waals surface area contributed by atoms with E-state index in [1.165, 1.54) is 0 Å². The number of carboxylic acid groups (broad SMARTS) is 1. The van der Waals surface area contributed by atoms with Crippen molar-refractivity contribution < 1.29 is 19.4 Å². The number of aliphatic carboxylic acids is 1. The van der Waals surface area contributed by atoms with Crippen LogP contribution in [0.4, 0.5) is 0 Å². The van der Waals surface area contributed by atoms with E-state index in [-0.39, 0.29) is 6.42 Å². The van der Waals surface area contributed by atoms with Crippen molar-refractivity contribution in [2.45, 2.75) is 39.7 Å². The van der Waals surface area contributed by atoms with Crippen LogP contribution in [0.15, 0.2) is 36.6 Å². The summed E-state index contributed by atoms with van der Waals surface area (Å²) in [6, 6.07) is 7.69. The molecule has 0 aliphatic carbocycles. The molecule has 3 rings (SSSR count). The van der Waals surface area contributed by atoms with Crippen LogP contribution < -0.4 is 9.47 Å². The van der Waals surface area contributed by atoms with Crippen LogP contribution in [0.2, 0.25) is 5.02 Å². The third kappa shape index (κ3) is 4.02. The minimum Gasteiger partial charge on any atom is -0.488 e. The van der Waals surface area contributed by atoms with Crippen LogP contribution in [0, 0.1) is 13.8 Å². The number of benzene rings is 2. The van der Waals surface area contributed by atoms with E-state index in [2.05, 4.69) is 6.58 Å². The molecule has 0 fully saturated rings. The second-order valence-electron chi connectivity index (χ2n) is 6.60.